The van der Waals surface area contributed by atoms with Gasteiger partial charge in [-0.3, -0.25) is 9.69 Å². The van der Waals surface area contributed by atoms with Crippen molar-refractivity contribution in [3.8, 4) is 0 Å². The second-order valence-electron chi connectivity index (χ2n) is 4.61. The van der Waals surface area contributed by atoms with Crippen molar-refractivity contribution in [2.75, 3.05) is 44.7 Å². The van der Waals surface area contributed by atoms with Crippen LogP contribution in [-0.2, 0) is 9.53 Å². The Labute approximate surface area is 116 Å². The number of halogens is 2. The van der Waals surface area contributed by atoms with Crippen LogP contribution in [0.2, 0.25) is 0 Å². The number of pyridine rings is 1. The van der Waals surface area contributed by atoms with Gasteiger partial charge in [0.1, 0.15) is 5.82 Å². The molecule has 1 aliphatic rings. The van der Waals surface area contributed by atoms with E-state index in [4.69, 9.17) is 0 Å². The number of nitrogens with zero attached hydrogens (tertiary/aromatic N) is 3. The molecule has 0 spiro atoms. The van der Waals surface area contributed by atoms with E-state index in [0.29, 0.717) is 39.1 Å². The topological polar surface area (TPSA) is 45.7 Å². The lowest BCUT2D eigenvalue weighted by Crippen LogP contribution is -2.47. The lowest BCUT2D eigenvalue weighted by atomic mass is 10.2. The summed E-state index contributed by atoms with van der Waals surface area (Å²) in [5, 5.41) is 0. The average Bonchev–Trinajstić information content (AvgIpc) is 2.45. The third-order valence-electron chi connectivity index (χ3n) is 3.32. The fourth-order valence-electron chi connectivity index (χ4n) is 2.17. The van der Waals surface area contributed by atoms with Gasteiger partial charge in [0.15, 0.2) is 11.6 Å². The number of piperazine rings is 1. The third kappa shape index (κ3) is 3.63. The van der Waals surface area contributed by atoms with E-state index in [-0.39, 0.29) is 11.8 Å². The van der Waals surface area contributed by atoms with Crippen LogP contribution in [0, 0.1) is 11.6 Å². The highest BCUT2D eigenvalue weighted by atomic mass is 19.1. The van der Waals surface area contributed by atoms with E-state index in [0.717, 1.165) is 12.3 Å². The molecule has 0 unspecified atom stereocenters. The Hall–Kier alpha value is -1.76. The van der Waals surface area contributed by atoms with E-state index in [1.54, 1.807) is 4.90 Å². The number of carbonyl (C=O) groups is 1. The Morgan fingerprint density at radius 2 is 2.05 bits per heavy atom. The summed E-state index contributed by atoms with van der Waals surface area (Å²) in [7, 11) is 1.36. The van der Waals surface area contributed by atoms with Gasteiger partial charge in [-0.15, -0.1) is 0 Å². The molecule has 0 aliphatic carbocycles. The Kier molecular flexibility index (Phi) is 4.84. The maximum Gasteiger partial charge on any atom is 0.306 e. The molecule has 7 heteroatoms. The van der Waals surface area contributed by atoms with Crippen LogP contribution in [0.1, 0.15) is 6.42 Å². The fourth-order valence-corrected chi connectivity index (χ4v) is 2.17. The zero-order chi connectivity index (χ0) is 14.5. The molecule has 0 atom stereocenters. The first-order chi connectivity index (χ1) is 9.60. The Morgan fingerprint density at radius 1 is 1.35 bits per heavy atom. The fraction of sp³-hybridized carbons (Fsp3) is 0.538. The van der Waals surface area contributed by atoms with Crippen molar-refractivity contribution in [3.05, 3.63) is 23.9 Å². The summed E-state index contributed by atoms with van der Waals surface area (Å²) < 4.78 is 31.0. The molecule has 1 aliphatic heterocycles. The zero-order valence-electron chi connectivity index (χ0n) is 11.3. The van der Waals surface area contributed by atoms with E-state index in [9.17, 15) is 13.6 Å². The molecule has 0 saturated carbocycles. The van der Waals surface area contributed by atoms with Crippen molar-refractivity contribution in [2.45, 2.75) is 6.42 Å². The second-order valence-corrected chi connectivity index (χ2v) is 4.61. The van der Waals surface area contributed by atoms with Crippen molar-refractivity contribution < 1.29 is 18.3 Å². The molecule has 5 nitrogen and oxygen atoms in total. The first-order valence-electron chi connectivity index (χ1n) is 6.45. The molecule has 2 heterocycles. The van der Waals surface area contributed by atoms with Gasteiger partial charge in [-0.25, -0.2) is 13.8 Å². The molecular formula is C13H17F2N3O2. The molecule has 0 radical (unpaired) electrons. The molecule has 0 bridgehead atoms. The van der Waals surface area contributed by atoms with Crippen LogP contribution in [-0.4, -0.2) is 55.7 Å². The predicted octanol–water partition coefficient (Wildman–Crippen LogP) is 1.04. The maximum absolute atomic E-state index is 13.6. The van der Waals surface area contributed by atoms with Gasteiger partial charge in [-0.05, 0) is 0 Å². The van der Waals surface area contributed by atoms with Crippen molar-refractivity contribution >= 4 is 11.8 Å². The van der Waals surface area contributed by atoms with Gasteiger partial charge in [0, 0.05) is 38.8 Å². The first-order valence-corrected chi connectivity index (χ1v) is 6.45. The summed E-state index contributed by atoms with van der Waals surface area (Å²) in [4.78, 5) is 18.7. The van der Waals surface area contributed by atoms with Crippen molar-refractivity contribution in [1.82, 2.24) is 9.88 Å². The van der Waals surface area contributed by atoms with Gasteiger partial charge < -0.3 is 9.64 Å². The monoisotopic (exact) mass is 285 g/mol. The number of hydrogen-bond acceptors (Lipinski definition) is 5. The number of carbonyl (C=O) groups excluding carboxylic acids is 1. The minimum atomic E-state index is -0.678. The minimum absolute atomic E-state index is 0.180. The molecule has 1 aromatic heterocycles. The van der Waals surface area contributed by atoms with Crippen LogP contribution in [0.5, 0.6) is 0 Å². The van der Waals surface area contributed by atoms with Crippen LogP contribution >= 0.6 is 0 Å². The first kappa shape index (κ1) is 14.6. The third-order valence-corrected chi connectivity index (χ3v) is 3.32. The minimum Gasteiger partial charge on any atom is -0.469 e. The lowest BCUT2D eigenvalue weighted by molar-refractivity contribution is -0.141. The van der Waals surface area contributed by atoms with Gasteiger partial charge in [-0.2, -0.15) is 0 Å². The Morgan fingerprint density at radius 3 is 2.65 bits per heavy atom. The largest absolute Gasteiger partial charge is 0.469 e. The normalized spacial score (nSPS) is 16.2. The van der Waals surface area contributed by atoms with Gasteiger partial charge in [0.2, 0.25) is 0 Å². The van der Waals surface area contributed by atoms with Gasteiger partial charge in [0.05, 0.1) is 19.7 Å². The number of aromatic nitrogens is 1. The molecule has 1 aromatic rings. The van der Waals surface area contributed by atoms with E-state index in [1.807, 2.05) is 0 Å². The highest BCUT2D eigenvalue weighted by Crippen LogP contribution is 2.18. The van der Waals surface area contributed by atoms with Crippen molar-refractivity contribution in [2.24, 2.45) is 0 Å². The van der Waals surface area contributed by atoms with Gasteiger partial charge >= 0.3 is 5.97 Å². The number of methoxy groups -OCH3 is 1. The number of ether oxygens (including phenoxy) is 1. The van der Waals surface area contributed by atoms with Crippen molar-refractivity contribution in [1.29, 1.82) is 0 Å². The van der Waals surface area contributed by atoms with E-state index in [2.05, 4.69) is 14.6 Å². The molecule has 110 valence electrons. The van der Waals surface area contributed by atoms with Crippen LogP contribution in [0.4, 0.5) is 14.6 Å². The highest BCUT2D eigenvalue weighted by Gasteiger charge is 2.21. The highest BCUT2D eigenvalue weighted by molar-refractivity contribution is 5.69. The quantitative estimate of drug-likeness (QED) is 0.774. The van der Waals surface area contributed by atoms with Crippen LogP contribution in [0.15, 0.2) is 12.3 Å². The summed E-state index contributed by atoms with van der Waals surface area (Å²) in [6.07, 6.45) is 1.36. The summed E-state index contributed by atoms with van der Waals surface area (Å²) in [6.45, 7) is 3.22. The summed E-state index contributed by atoms with van der Waals surface area (Å²) >= 11 is 0. The van der Waals surface area contributed by atoms with E-state index in [1.165, 1.54) is 7.11 Å². The smallest absolute Gasteiger partial charge is 0.306 e. The Bertz CT molecular complexity index is 477. The zero-order valence-corrected chi connectivity index (χ0v) is 11.3. The second kappa shape index (κ2) is 6.60. The molecular weight excluding hydrogens is 268 g/mol. The number of hydrogen-bond donors (Lipinski definition) is 0. The summed E-state index contributed by atoms with van der Waals surface area (Å²) in [5.74, 6) is -1.38. The summed E-state index contributed by atoms with van der Waals surface area (Å²) in [6, 6.07) is 0.839. The number of anilines is 1. The maximum atomic E-state index is 13.6. The van der Waals surface area contributed by atoms with Crippen molar-refractivity contribution in [3.63, 3.8) is 0 Å². The van der Waals surface area contributed by atoms with E-state index < -0.39 is 11.6 Å². The Balaban J connectivity index is 1.86. The lowest BCUT2D eigenvalue weighted by Gasteiger charge is -2.35. The van der Waals surface area contributed by atoms with Crippen LogP contribution < -0.4 is 4.90 Å². The summed E-state index contributed by atoms with van der Waals surface area (Å²) in [5.41, 5.74) is 0. The van der Waals surface area contributed by atoms with Crippen LogP contribution in [0.3, 0.4) is 0 Å². The molecule has 0 aromatic carbocycles. The predicted molar refractivity (Wildman–Crippen MR) is 69.4 cm³/mol. The average molecular weight is 285 g/mol. The standard InChI is InChI=1S/C13H17F2N3O2/c1-20-12(19)2-3-17-4-6-18(7-5-17)13-11(15)8-10(14)9-16-13/h8-9H,2-7H2,1H3. The molecule has 0 N–H and O–H groups in total. The number of rotatable bonds is 4. The van der Waals surface area contributed by atoms with Gasteiger partial charge in [-0.1, -0.05) is 0 Å². The van der Waals surface area contributed by atoms with E-state index >= 15 is 0 Å². The SMILES string of the molecule is COC(=O)CCN1CCN(c2ncc(F)cc2F)CC1. The number of esters is 1. The molecule has 0 amide bonds. The molecule has 1 fully saturated rings. The molecule has 2 rings (SSSR count). The van der Waals surface area contributed by atoms with Crippen LogP contribution in [0.25, 0.3) is 0 Å². The molecule has 1 saturated heterocycles. The molecule has 20 heavy (non-hydrogen) atoms. The van der Waals surface area contributed by atoms with Gasteiger partial charge in [0.25, 0.3) is 0 Å².